The first-order valence-corrected chi connectivity index (χ1v) is 4.23. The summed E-state index contributed by atoms with van der Waals surface area (Å²) in [7, 11) is -3.50. The molecule has 0 spiro atoms. The molecule has 1 aromatic rings. The van der Waals surface area contributed by atoms with Gasteiger partial charge in [-0.15, -0.1) is 0 Å². The first-order chi connectivity index (χ1) is 4.61. The first-order valence-electron chi connectivity index (χ1n) is 2.68. The Morgan fingerprint density at radius 3 is 1.69 bits per heavy atom. The van der Waals surface area contributed by atoms with E-state index in [4.69, 9.17) is 5.14 Å². The molecule has 0 saturated heterocycles. The van der Waals surface area contributed by atoms with Gasteiger partial charge < -0.3 is 18.6 Å². The van der Waals surface area contributed by atoms with Crippen LogP contribution in [0.25, 0.3) is 0 Å². The van der Waals surface area contributed by atoms with Gasteiger partial charge in [0.05, 0.1) is 4.90 Å². The van der Waals surface area contributed by atoms with Crippen LogP contribution in [0.2, 0.25) is 0 Å². The standard InChI is InChI=1S/C6H7NO2S.ClH.H3N.Ru/c7-10(8,9)6-4-2-1-3-5-6;;;/h1-5H,(H2,7,8,9);1H;1H3;. The van der Waals surface area contributed by atoms with Gasteiger partial charge in [0.15, 0.2) is 0 Å². The van der Waals surface area contributed by atoms with E-state index in [-0.39, 0.29) is 42.9 Å². The Hall–Kier alpha value is 0.00338. The number of primary sulfonamides is 1. The number of nitrogens with two attached hydrogens (primary N) is 1. The molecule has 0 amide bonds. The molecular formula is C6H11ClN2O2RuS. The van der Waals surface area contributed by atoms with E-state index in [1.807, 2.05) is 0 Å². The van der Waals surface area contributed by atoms with Crippen LogP contribution in [0.4, 0.5) is 0 Å². The van der Waals surface area contributed by atoms with E-state index in [0.717, 1.165) is 0 Å². The van der Waals surface area contributed by atoms with E-state index < -0.39 is 10.0 Å². The second-order valence-electron chi connectivity index (χ2n) is 1.86. The summed E-state index contributed by atoms with van der Waals surface area (Å²) < 4.78 is 21.2. The van der Waals surface area contributed by atoms with Gasteiger partial charge in [0.1, 0.15) is 0 Å². The maximum Gasteiger partial charge on any atom is 0.238 e. The van der Waals surface area contributed by atoms with Crippen LogP contribution in [-0.4, -0.2) is 8.42 Å². The average Bonchev–Trinajstić information content (AvgIpc) is 1.88. The SMILES string of the molecule is NS(=O)(=O)c1ccccc1.[Cl-].[NH4+].[Ru]. The van der Waals surface area contributed by atoms with Crippen LogP contribution in [0, 0.1) is 0 Å². The van der Waals surface area contributed by atoms with Crippen molar-refractivity contribution in [2.24, 2.45) is 5.14 Å². The number of halogens is 1. The first kappa shape index (κ1) is 18.7. The zero-order chi connectivity index (χ0) is 7.61. The molecule has 78 valence electrons. The molecule has 1 aromatic carbocycles. The molecule has 0 aliphatic heterocycles. The molecule has 0 atom stereocenters. The smallest absolute Gasteiger partial charge is 0.238 e. The fourth-order valence-electron chi connectivity index (χ4n) is 0.610. The summed E-state index contributed by atoms with van der Waals surface area (Å²) in [6.07, 6.45) is 0. The van der Waals surface area contributed by atoms with E-state index in [1.54, 1.807) is 18.2 Å². The van der Waals surface area contributed by atoms with Gasteiger partial charge in [-0.05, 0) is 12.1 Å². The Bertz CT molecular complexity index is 317. The summed E-state index contributed by atoms with van der Waals surface area (Å²) in [5, 5.41) is 4.83. The molecule has 0 aliphatic rings. The van der Waals surface area contributed by atoms with Crippen LogP contribution < -0.4 is 23.7 Å². The van der Waals surface area contributed by atoms with Crippen LogP contribution in [0.5, 0.6) is 0 Å². The number of rotatable bonds is 1. The summed E-state index contributed by atoms with van der Waals surface area (Å²) in [6.45, 7) is 0. The van der Waals surface area contributed by atoms with E-state index in [1.165, 1.54) is 12.1 Å². The molecule has 0 saturated carbocycles. The molecule has 0 radical (unpaired) electrons. The van der Waals surface area contributed by atoms with E-state index >= 15 is 0 Å². The molecule has 0 unspecified atom stereocenters. The molecule has 0 heterocycles. The third-order valence-corrected chi connectivity index (χ3v) is 2.00. The van der Waals surface area contributed by atoms with Crippen molar-refractivity contribution in [1.82, 2.24) is 6.15 Å². The Labute approximate surface area is 96.7 Å². The second-order valence-corrected chi connectivity index (χ2v) is 3.42. The third kappa shape index (κ3) is 6.13. The van der Waals surface area contributed by atoms with Crippen molar-refractivity contribution >= 4 is 10.0 Å². The summed E-state index contributed by atoms with van der Waals surface area (Å²) in [5.41, 5.74) is 0. The van der Waals surface area contributed by atoms with Gasteiger partial charge in [0, 0.05) is 19.5 Å². The molecule has 0 aromatic heterocycles. The zero-order valence-corrected chi connectivity index (χ0v) is 10.2. The number of hydrogen-bond donors (Lipinski definition) is 2. The van der Waals surface area contributed by atoms with Gasteiger partial charge in [-0.25, -0.2) is 13.6 Å². The molecule has 0 bridgehead atoms. The Morgan fingerprint density at radius 2 is 1.46 bits per heavy atom. The summed E-state index contributed by atoms with van der Waals surface area (Å²) in [5.74, 6) is 0. The largest absolute Gasteiger partial charge is 1.00 e. The van der Waals surface area contributed by atoms with Crippen molar-refractivity contribution in [2.75, 3.05) is 0 Å². The van der Waals surface area contributed by atoms with Crippen molar-refractivity contribution in [3.8, 4) is 0 Å². The topological polar surface area (TPSA) is 96.7 Å². The van der Waals surface area contributed by atoms with Gasteiger partial charge in [-0.1, -0.05) is 18.2 Å². The van der Waals surface area contributed by atoms with E-state index in [0.29, 0.717) is 0 Å². The molecule has 0 fully saturated rings. The minimum absolute atomic E-state index is 0. The minimum atomic E-state index is -3.50. The van der Waals surface area contributed by atoms with Crippen molar-refractivity contribution in [2.45, 2.75) is 4.90 Å². The van der Waals surface area contributed by atoms with Crippen molar-refractivity contribution in [3.63, 3.8) is 0 Å². The number of benzene rings is 1. The van der Waals surface area contributed by atoms with Crippen LogP contribution in [-0.2, 0) is 29.5 Å². The van der Waals surface area contributed by atoms with Gasteiger partial charge in [-0.2, -0.15) is 0 Å². The fourth-order valence-corrected chi connectivity index (χ4v) is 1.15. The maximum atomic E-state index is 10.6. The number of hydrogen-bond acceptors (Lipinski definition) is 2. The number of sulfonamides is 1. The number of quaternary nitrogens is 1. The van der Waals surface area contributed by atoms with Gasteiger partial charge >= 0.3 is 0 Å². The quantitative estimate of drug-likeness (QED) is 0.571. The predicted molar refractivity (Wildman–Crippen MR) is 43.8 cm³/mol. The van der Waals surface area contributed by atoms with E-state index in [9.17, 15) is 8.42 Å². The molecule has 13 heavy (non-hydrogen) atoms. The summed E-state index contributed by atoms with van der Waals surface area (Å²) >= 11 is 0. The van der Waals surface area contributed by atoms with Crippen LogP contribution in [0.1, 0.15) is 0 Å². The average molecular weight is 312 g/mol. The van der Waals surface area contributed by atoms with Crippen molar-refractivity contribution in [3.05, 3.63) is 30.3 Å². The Kier molecular flexibility index (Phi) is 10.7. The summed E-state index contributed by atoms with van der Waals surface area (Å²) in [6, 6.07) is 7.89. The van der Waals surface area contributed by atoms with Crippen LogP contribution >= 0.6 is 0 Å². The monoisotopic (exact) mass is 312 g/mol. The van der Waals surface area contributed by atoms with Crippen LogP contribution in [0.3, 0.4) is 0 Å². The molecule has 1 rings (SSSR count). The molecule has 6 N–H and O–H groups in total. The normalized spacial score (nSPS) is 8.69. The minimum Gasteiger partial charge on any atom is -1.00 e. The van der Waals surface area contributed by atoms with Gasteiger partial charge in [0.25, 0.3) is 0 Å². The van der Waals surface area contributed by atoms with Gasteiger partial charge in [0.2, 0.25) is 10.0 Å². The Morgan fingerprint density at radius 1 is 1.08 bits per heavy atom. The zero-order valence-electron chi connectivity index (χ0n) is 6.92. The third-order valence-electron chi connectivity index (χ3n) is 1.07. The molecular weight excluding hydrogens is 301 g/mol. The second kappa shape index (κ2) is 7.41. The van der Waals surface area contributed by atoms with Crippen LogP contribution in [0.15, 0.2) is 35.2 Å². The molecule has 7 heteroatoms. The Balaban J connectivity index is -0.000000333. The van der Waals surface area contributed by atoms with Crippen molar-refractivity contribution < 1.29 is 40.3 Å². The van der Waals surface area contributed by atoms with E-state index in [2.05, 4.69) is 0 Å². The summed E-state index contributed by atoms with van der Waals surface area (Å²) in [4.78, 5) is 0.148. The fraction of sp³-hybridized carbons (Fsp3) is 0. The van der Waals surface area contributed by atoms with Crippen molar-refractivity contribution in [1.29, 1.82) is 0 Å². The molecule has 0 aliphatic carbocycles. The van der Waals surface area contributed by atoms with Gasteiger partial charge in [-0.3, -0.25) is 0 Å². The predicted octanol–water partition coefficient (Wildman–Crippen LogP) is -2.29. The maximum absolute atomic E-state index is 10.6. The molecule has 4 nitrogen and oxygen atoms in total.